The van der Waals surface area contributed by atoms with E-state index in [1.54, 1.807) is 0 Å². The third-order valence-corrected chi connectivity index (χ3v) is 5.08. The van der Waals surface area contributed by atoms with Crippen LogP contribution in [-0.2, 0) is 11.3 Å². The minimum Gasteiger partial charge on any atom is -0.340 e. The van der Waals surface area contributed by atoms with Gasteiger partial charge in [-0.15, -0.1) is 0 Å². The Labute approximate surface area is 168 Å². The summed E-state index contributed by atoms with van der Waals surface area (Å²) in [4.78, 5) is 17.2. The number of hydrogen-bond acceptors (Lipinski definition) is 4. The number of hydrogen-bond donors (Lipinski definition) is 0. The van der Waals surface area contributed by atoms with E-state index in [2.05, 4.69) is 49.9 Å². The van der Waals surface area contributed by atoms with Gasteiger partial charge in [-0.1, -0.05) is 63.2 Å². The van der Waals surface area contributed by atoms with Gasteiger partial charge in [-0.25, -0.2) is 0 Å². The number of carbonyl (C=O) groups excluding carboxylic acids is 1. The number of aromatic nitrogens is 1. The van der Waals surface area contributed by atoms with Gasteiger partial charge in [0.25, 0.3) is 0 Å². The van der Waals surface area contributed by atoms with Crippen LogP contribution >= 0.6 is 0 Å². The summed E-state index contributed by atoms with van der Waals surface area (Å²) >= 11 is 0. The molecule has 1 aromatic carbocycles. The summed E-state index contributed by atoms with van der Waals surface area (Å²) in [5.41, 5.74) is 2.92. The van der Waals surface area contributed by atoms with Crippen molar-refractivity contribution in [1.82, 2.24) is 10.1 Å². The lowest BCUT2D eigenvalue weighted by atomic mass is 10.0. The van der Waals surface area contributed by atoms with Crippen LogP contribution in [0.25, 0.3) is 11.3 Å². The second-order valence-corrected chi connectivity index (χ2v) is 8.64. The molecule has 2 heterocycles. The molecule has 0 spiro atoms. The second kappa shape index (κ2) is 9.26. The van der Waals surface area contributed by atoms with E-state index in [-0.39, 0.29) is 5.91 Å². The molecule has 0 radical (unpaired) electrons. The van der Waals surface area contributed by atoms with Crippen molar-refractivity contribution in [3.63, 3.8) is 0 Å². The average molecular weight is 384 g/mol. The van der Waals surface area contributed by atoms with Crippen molar-refractivity contribution in [1.29, 1.82) is 0 Å². The van der Waals surface area contributed by atoms with E-state index >= 15 is 0 Å². The van der Waals surface area contributed by atoms with Crippen molar-refractivity contribution in [3.8, 4) is 11.3 Å². The van der Waals surface area contributed by atoms with Gasteiger partial charge < -0.3 is 14.3 Å². The number of nitrogens with zero attached hydrogens (tertiary/aromatic N) is 3. The minimum atomic E-state index is 0.205. The largest absolute Gasteiger partial charge is 0.340 e. The molecule has 5 nitrogen and oxygen atoms in total. The first-order valence-electron chi connectivity index (χ1n) is 10.5. The molecule has 152 valence electrons. The highest BCUT2D eigenvalue weighted by molar-refractivity contribution is 5.77. The first-order chi connectivity index (χ1) is 13.5. The molecule has 0 unspecified atom stereocenters. The van der Waals surface area contributed by atoms with Gasteiger partial charge >= 0.3 is 0 Å². The van der Waals surface area contributed by atoms with Gasteiger partial charge in [0, 0.05) is 31.6 Å². The molecule has 0 saturated carbocycles. The monoisotopic (exact) mass is 383 g/mol. The molecule has 1 saturated heterocycles. The number of benzene rings is 1. The van der Waals surface area contributed by atoms with E-state index in [9.17, 15) is 4.79 Å². The average Bonchev–Trinajstić information content (AvgIpc) is 3.30. The molecule has 1 aliphatic heterocycles. The molecule has 1 amide bonds. The molecule has 2 aromatic rings. The Hall–Kier alpha value is -2.30. The topological polar surface area (TPSA) is 49.6 Å². The SMILES string of the molecule is CC(C)CC(=O)N(Cc1c(-c2ccccc2)noc1N1CCCC1)CC(C)C. The van der Waals surface area contributed by atoms with Crippen molar-refractivity contribution in [3.05, 3.63) is 35.9 Å². The maximum atomic E-state index is 13.0. The van der Waals surface area contributed by atoms with Crippen LogP contribution in [0.2, 0.25) is 0 Å². The Morgan fingerprint density at radius 2 is 1.79 bits per heavy atom. The molecule has 3 rings (SSSR count). The van der Waals surface area contributed by atoms with E-state index in [1.165, 1.54) is 12.8 Å². The normalized spacial score (nSPS) is 14.3. The van der Waals surface area contributed by atoms with Gasteiger partial charge in [-0.3, -0.25) is 4.79 Å². The van der Waals surface area contributed by atoms with Gasteiger partial charge in [-0.2, -0.15) is 0 Å². The lowest BCUT2D eigenvalue weighted by Gasteiger charge is -2.26. The molecule has 1 aliphatic rings. The summed E-state index contributed by atoms with van der Waals surface area (Å²) in [6, 6.07) is 10.1. The first kappa shape index (κ1) is 20.4. The van der Waals surface area contributed by atoms with Gasteiger partial charge in [0.05, 0.1) is 12.1 Å². The fourth-order valence-electron chi connectivity index (χ4n) is 3.80. The van der Waals surface area contributed by atoms with Crippen LogP contribution in [0.3, 0.4) is 0 Å². The molecular weight excluding hydrogens is 350 g/mol. The predicted molar refractivity (Wildman–Crippen MR) is 113 cm³/mol. The molecule has 0 bridgehead atoms. The van der Waals surface area contributed by atoms with Crippen molar-refractivity contribution < 1.29 is 9.32 Å². The Morgan fingerprint density at radius 1 is 1.11 bits per heavy atom. The van der Waals surface area contributed by atoms with E-state index in [0.717, 1.165) is 42.3 Å². The third kappa shape index (κ3) is 4.94. The molecule has 28 heavy (non-hydrogen) atoms. The summed E-state index contributed by atoms with van der Waals surface area (Å²) in [6.45, 7) is 11.8. The lowest BCUT2D eigenvalue weighted by Crippen LogP contribution is -2.35. The summed E-state index contributed by atoms with van der Waals surface area (Å²) in [5, 5.41) is 4.43. The van der Waals surface area contributed by atoms with E-state index in [0.29, 0.717) is 24.8 Å². The van der Waals surface area contributed by atoms with Crippen LogP contribution < -0.4 is 4.90 Å². The Kier molecular flexibility index (Phi) is 6.76. The number of amides is 1. The van der Waals surface area contributed by atoms with Gasteiger partial charge in [0.1, 0.15) is 5.69 Å². The maximum Gasteiger partial charge on any atom is 0.232 e. The summed E-state index contributed by atoms with van der Waals surface area (Å²) < 4.78 is 5.84. The number of carbonyl (C=O) groups is 1. The second-order valence-electron chi connectivity index (χ2n) is 8.64. The highest BCUT2D eigenvalue weighted by atomic mass is 16.5. The van der Waals surface area contributed by atoms with Crippen LogP contribution in [0.15, 0.2) is 34.9 Å². The van der Waals surface area contributed by atoms with Crippen LogP contribution in [0.5, 0.6) is 0 Å². The molecule has 1 aromatic heterocycles. The van der Waals surface area contributed by atoms with E-state index in [4.69, 9.17) is 4.52 Å². The maximum absolute atomic E-state index is 13.0. The van der Waals surface area contributed by atoms with Crippen molar-refractivity contribution in [2.75, 3.05) is 24.5 Å². The molecule has 0 N–H and O–H groups in total. The zero-order valence-electron chi connectivity index (χ0n) is 17.6. The molecular formula is C23H33N3O2. The molecule has 5 heteroatoms. The van der Waals surface area contributed by atoms with Crippen LogP contribution in [0.1, 0.15) is 52.5 Å². The summed E-state index contributed by atoms with van der Waals surface area (Å²) in [7, 11) is 0. The fraction of sp³-hybridized carbons (Fsp3) is 0.565. The lowest BCUT2D eigenvalue weighted by molar-refractivity contribution is -0.133. The molecule has 0 aliphatic carbocycles. The van der Waals surface area contributed by atoms with Gasteiger partial charge in [0.15, 0.2) is 0 Å². The van der Waals surface area contributed by atoms with Crippen molar-refractivity contribution in [2.24, 2.45) is 11.8 Å². The highest BCUT2D eigenvalue weighted by Crippen LogP contribution is 2.34. The van der Waals surface area contributed by atoms with Crippen molar-refractivity contribution >= 4 is 11.8 Å². The number of anilines is 1. The Morgan fingerprint density at radius 3 is 2.39 bits per heavy atom. The van der Waals surface area contributed by atoms with Crippen molar-refractivity contribution in [2.45, 2.75) is 53.5 Å². The third-order valence-electron chi connectivity index (χ3n) is 5.08. The number of rotatable bonds is 8. The Bertz CT molecular complexity index is 761. The van der Waals surface area contributed by atoms with Crippen LogP contribution in [0, 0.1) is 11.8 Å². The smallest absolute Gasteiger partial charge is 0.232 e. The first-order valence-corrected chi connectivity index (χ1v) is 10.5. The van der Waals surface area contributed by atoms with E-state index < -0.39 is 0 Å². The highest BCUT2D eigenvalue weighted by Gasteiger charge is 2.27. The zero-order chi connectivity index (χ0) is 20.1. The van der Waals surface area contributed by atoms with Gasteiger partial charge in [0.2, 0.25) is 11.8 Å². The zero-order valence-corrected chi connectivity index (χ0v) is 17.6. The summed E-state index contributed by atoms with van der Waals surface area (Å²) in [6.07, 6.45) is 2.91. The Balaban J connectivity index is 1.96. The predicted octanol–water partition coefficient (Wildman–Crippen LogP) is 4.97. The minimum absolute atomic E-state index is 0.205. The quantitative estimate of drug-likeness (QED) is 0.645. The molecule has 0 atom stereocenters. The standard InChI is InChI=1S/C23H33N3O2/c1-17(2)14-21(27)26(15-18(3)4)16-20-22(19-10-6-5-7-11-19)24-28-23(20)25-12-8-9-13-25/h5-7,10-11,17-18H,8-9,12-16H2,1-4H3. The molecule has 1 fully saturated rings. The van der Waals surface area contributed by atoms with Crippen LogP contribution in [-0.4, -0.2) is 35.6 Å². The summed E-state index contributed by atoms with van der Waals surface area (Å²) in [5.74, 6) is 1.79. The van der Waals surface area contributed by atoms with Crippen LogP contribution in [0.4, 0.5) is 5.88 Å². The van der Waals surface area contributed by atoms with E-state index in [1.807, 2.05) is 23.1 Å². The fourth-order valence-corrected chi connectivity index (χ4v) is 3.80. The van der Waals surface area contributed by atoms with Gasteiger partial charge in [-0.05, 0) is 24.7 Å².